The van der Waals surface area contributed by atoms with Crippen molar-refractivity contribution in [1.82, 2.24) is 5.16 Å². The Morgan fingerprint density at radius 1 is 1.18 bits per heavy atom. The van der Waals surface area contributed by atoms with Crippen molar-refractivity contribution in [2.45, 2.75) is 13.3 Å². The van der Waals surface area contributed by atoms with Crippen LogP contribution in [0.25, 0.3) is 0 Å². The minimum Gasteiger partial charge on any atom is -0.360 e. The Labute approximate surface area is 132 Å². The Morgan fingerprint density at radius 3 is 2.64 bits per heavy atom. The number of amides is 2. The van der Waals surface area contributed by atoms with Gasteiger partial charge in [-0.05, 0) is 19.1 Å². The van der Waals surface area contributed by atoms with Crippen LogP contribution >= 0.6 is 11.8 Å². The number of carbonyl (C=O) groups is 2. The zero-order valence-electron chi connectivity index (χ0n) is 12.2. The lowest BCUT2D eigenvalue weighted by Crippen LogP contribution is -2.16. The molecule has 22 heavy (non-hydrogen) atoms. The Balaban J connectivity index is 1.60. The molecule has 0 unspecified atom stereocenters. The Bertz CT molecular complexity index is 628. The number of hydrogen-bond donors (Lipinski definition) is 2. The standard InChI is InChI=1S/C15H17N3O3S/c1-11-9-13(18-21-11)17-14(19)7-8-22-10-15(20)16-12-5-3-2-4-6-12/h2-6,9H,7-8,10H2,1H3,(H,16,20)(H,17,18,19). The van der Waals surface area contributed by atoms with Gasteiger partial charge in [0.05, 0.1) is 5.75 Å². The third-order valence-corrected chi connectivity index (χ3v) is 3.62. The first-order valence-corrected chi connectivity index (χ1v) is 7.95. The molecule has 1 heterocycles. The first-order valence-electron chi connectivity index (χ1n) is 6.79. The van der Waals surface area contributed by atoms with Crippen LogP contribution in [0.3, 0.4) is 0 Å². The topological polar surface area (TPSA) is 84.2 Å². The summed E-state index contributed by atoms with van der Waals surface area (Å²) in [5.41, 5.74) is 0.771. The van der Waals surface area contributed by atoms with Crippen LogP contribution in [-0.4, -0.2) is 28.5 Å². The molecule has 0 aliphatic rings. The van der Waals surface area contributed by atoms with Gasteiger partial charge in [0.15, 0.2) is 5.82 Å². The van der Waals surface area contributed by atoms with E-state index in [1.54, 1.807) is 13.0 Å². The molecule has 6 nitrogen and oxygen atoms in total. The average Bonchev–Trinajstić information content (AvgIpc) is 2.90. The number of nitrogens with zero attached hydrogens (tertiary/aromatic N) is 1. The van der Waals surface area contributed by atoms with Crippen molar-refractivity contribution < 1.29 is 14.1 Å². The predicted octanol–water partition coefficient (Wildman–Crippen LogP) is 2.68. The summed E-state index contributed by atoms with van der Waals surface area (Å²) in [6, 6.07) is 10.9. The minimum atomic E-state index is -0.149. The number of carbonyl (C=O) groups excluding carboxylic acids is 2. The molecule has 0 saturated heterocycles. The maximum atomic E-state index is 11.7. The molecule has 0 bridgehead atoms. The summed E-state index contributed by atoms with van der Waals surface area (Å²) in [5, 5.41) is 9.10. The number of nitrogens with one attached hydrogen (secondary N) is 2. The van der Waals surface area contributed by atoms with Crippen LogP contribution in [0.2, 0.25) is 0 Å². The molecule has 0 atom stereocenters. The zero-order valence-corrected chi connectivity index (χ0v) is 13.0. The van der Waals surface area contributed by atoms with E-state index in [2.05, 4.69) is 15.8 Å². The fraction of sp³-hybridized carbons (Fsp3) is 0.267. The van der Waals surface area contributed by atoms with Crippen molar-refractivity contribution in [3.63, 3.8) is 0 Å². The number of benzene rings is 1. The van der Waals surface area contributed by atoms with E-state index in [1.165, 1.54) is 11.8 Å². The lowest BCUT2D eigenvalue weighted by Gasteiger charge is -2.05. The van der Waals surface area contributed by atoms with Crippen LogP contribution in [0, 0.1) is 6.92 Å². The van der Waals surface area contributed by atoms with E-state index in [4.69, 9.17) is 4.52 Å². The SMILES string of the molecule is Cc1cc(NC(=O)CCSCC(=O)Nc2ccccc2)no1. The fourth-order valence-electron chi connectivity index (χ4n) is 1.68. The van der Waals surface area contributed by atoms with Gasteiger partial charge in [0, 0.05) is 23.9 Å². The highest BCUT2D eigenvalue weighted by Gasteiger charge is 2.07. The largest absolute Gasteiger partial charge is 0.360 e. The molecular weight excluding hydrogens is 302 g/mol. The van der Waals surface area contributed by atoms with Gasteiger partial charge in [0.1, 0.15) is 5.76 Å². The maximum absolute atomic E-state index is 11.7. The van der Waals surface area contributed by atoms with Crippen molar-refractivity contribution in [2.75, 3.05) is 22.1 Å². The molecule has 0 aliphatic carbocycles. The molecule has 7 heteroatoms. The molecule has 0 radical (unpaired) electrons. The second kappa shape index (κ2) is 8.23. The van der Waals surface area contributed by atoms with Crippen LogP contribution in [0.1, 0.15) is 12.2 Å². The molecule has 1 aromatic carbocycles. The Hall–Kier alpha value is -2.28. The van der Waals surface area contributed by atoms with Crippen LogP contribution in [0.5, 0.6) is 0 Å². The quantitative estimate of drug-likeness (QED) is 0.767. The summed E-state index contributed by atoms with van der Waals surface area (Å²) < 4.78 is 4.86. The smallest absolute Gasteiger partial charge is 0.234 e. The van der Waals surface area contributed by atoms with Crippen LogP contribution < -0.4 is 10.6 Å². The summed E-state index contributed by atoms with van der Waals surface area (Å²) in [6.45, 7) is 1.75. The van der Waals surface area contributed by atoms with E-state index >= 15 is 0 Å². The third kappa shape index (κ3) is 5.61. The first kappa shape index (κ1) is 16.1. The summed E-state index contributed by atoms with van der Waals surface area (Å²) in [6.07, 6.45) is 0.315. The summed E-state index contributed by atoms with van der Waals surface area (Å²) in [7, 11) is 0. The zero-order chi connectivity index (χ0) is 15.8. The molecule has 2 N–H and O–H groups in total. The van der Waals surface area contributed by atoms with Gasteiger partial charge < -0.3 is 15.2 Å². The van der Waals surface area contributed by atoms with Gasteiger partial charge in [-0.1, -0.05) is 23.4 Å². The predicted molar refractivity (Wildman–Crippen MR) is 86.9 cm³/mol. The highest BCUT2D eigenvalue weighted by molar-refractivity contribution is 7.99. The van der Waals surface area contributed by atoms with Crippen molar-refractivity contribution in [2.24, 2.45) is 0 Å². The molecule has 0 spiro atoms. The lowest BCUT2D eigenvalue weighted by atomic mass is 10.3. The number of rotatable bonds is 7. The summed E-state index contributed by atoms with van der Waals surface area (Å²) >= 11 is 1.41. The van der Waals surface area contributed by atoms with Gasteiger partial charge in [-0.3, -0.25) is 9.59 Å². The molecule has 0 aliphatic heterocycles. The number of aromatic nitrogens is 1. The molecular formula is C15H17N3O3S. The summed E-state index contributed by atoms with van der Waals surface area (Å²) in [5.74, 6) is 1.69. The average molecular weight is 319 g/mol. The lowest BCUT2D eigenvalue weighted by molar-refractivity contribution is -0.116. The van der Waals surface area contributed by atoms with Gasteiger partial charge in [0.2, 0.25) is 11.8 Å². The monoisotopic (exact) mass is 319 g/mol. The fourth-order valence-corrected chi connectivity index (χ4v) is 2.41. The van der Waals surface area contributed by atoms with Gasteiger partial charge in [0.25, 0.3) is 0 Å². The van der Waals surface area contributed by atoms with E-state index in [0.717, 1.165) is 5.69 Å². The van der Waals surface area contributed by atoms with E-state index in [1.807, 2.05) is 30.3 Å². The molecule has 0 fully saturated rings. The van der Waals surface area contributed by atoms with Gasteiger partial charge in [-0.2, -0.15) is 11.8 Å². The second-order valence-corrected chi connectivity index (χ2v) is 5.69. The van der Waals surface area contributed by atoms with Gasteiger partial charge in [-0.15, -0.1) is 0 Å². The number of aryl methyl sites for hydroxylation is 1. The van der Waals surface area contributed by atoms with E-state index in [-0.39, 0.29) is 11.8 Å². The molecule has 1 aromatic heterocycles. The van der Waals surface area contributed by atoms with E-state index in [9.17, 15) is 9.59 Å². The Kier molecular flexibility index (Phi) is 6.02. The third-order valence-electron chi connectivity index (χ3n) is 2.66. The molecule has 2 rings (SSSR count). The number of thioether (sulfide) groups is 1. The summed E-state index contributed by atoms with van der Waals surface area (Å²) in [4.78, 5) is 23.3. The Morgan fingerprint density at radius 2 is 1.95 bits per heavy atom. The second-order valence-electron chi connectivity index (χ2n) is 4.59. The van der Waals surface area contributed by atoms with Gasteiger partial charge >= 0.3 is 0 Å². The normalized spacial score (nSPS) is 10.2. The van der Waals surface area contributed by atoms with Crippen molar-refractivity contribution in [1.29, 1.82) is 0 Å². The van der Waals surface area contributed by atoms with Crippen molar-refractivity contribution in [3.05, 3.63) is 42.2 Å². The molecule has 0 saturated carbocycles. The van der Waals surface area contributed by atoms with E-state index < -0.39 is 0 Å². The highest BCUT2D eigenvalue weighted by atomic mass is 32.2. The minimum absolute atomic E-state index is 0.0799. The van der Waals surface area contributed by atoms with Crippen LogP contribution in [-0.2, 0) is 9.59 Å². The van der Waals surface area contributed by atoms with Crippen LogP contribution in [0.15, 0.2) is 40.9 Å². The number of para-hydroxylation sites is 1. The van der Waals surface area contributed by atoms with Crippen molar-refractivity contribution >= 4 is 35.1 Å². The number of hydrogen-bond acceptors (Lipinski definition) is 5. The molecule has 2 amide bonds. The van der Waals surface area contributed by atoms with Crippen LogP contribution in [0.4, 0.5) is 11.5 Å². The first-order chi connectivity index (χ1) is 10.6. The van der Waals surface area contributed by atoms with Crippen molar-refractivity contribution in [3.8, 4) is 0 Å². The van der Waals surface area contributed by atoms with Gasteiger partial charge in [-0.25, -0.2) is 0 Å². The molecule has 2 aromatic rings. The highest BCUT2D eigenvalue weighted by Crippen LogP contribution is 2.10. The van der Waals surface area contributed by atoms with E-state index in [0.29, 0.717) is 29.5 Å². The number of anilines is 2. The molecule has 116 valence electrons. The maximum Gasteiger partial charge on any atom is 0.234 e.